The Labute approximate surface area is 167 Å². The van der Waals surface area contributed by atoms with E-state index in [1.54, 1.807) is 33.0 Å². The van der Waals surface area contributed by atoms with Crippen LogP contribution in [0.4, 0.5) is 0 Å². The van der Waals surface area contributed by atoms with Crippen LogP contribution in [0.15, 0.2) is 41.1 Å². The molecule has 0 unspecified atom stereocenters. The van der Waals surface area contributed by atoms with Crippen molar-refractivity contribution < 1.29 is 17.7 Å². The lowest BCUT2D eigenvalue weighted by Gasteiger charge is -2.30. The molecule has 1 aliphatic rings. The normalized spacial score (nSPS) is 20.8. The molecule has 1 fully saturated rings. The minimum Gasteiger partial charge on any atom is -0.356 e. The Bertz CT molecular complexity index is 885. The predicted octanol–water partition coefficient (Wildman–Crippen LogP) is 4.47. The molecule has 0 spiro atoms. The van der Waals surface area contributed by atoms with Gasteiger partial charge in [0.15, 0.2) is 15.6 Å². The SMILES string of the molecule is CC(C)(C)S(=O)(=O)CC1CCC(C(=O)Cc2ccc(-c3ccno3)cc2)CC1. The van der Waals surface area contributed by atoms with Gasteiger partial charge in [-0.25, -0.2) is 8.42 Å². The van der Waals surface area contributed by atoms with Crippen LogP contribution in [0.1, 0.15) is 52.0 Å². The molecule has 3 rings (SSSR count). The van der Waals surface area contributed by atoms with Crippen LogP contribution in [0.2, 0.25) is 0 Å². The van der Waals surface area contributed by atoms with Crippen molar-refractivity contribution in [3.63, 3.8) is 0 Å². The van der Waals surface area contributed by atoms with Crippen LogP contribution in [-0.2, 0) is 21.1 Å². The van der Waals surface area contributed by atoms with Gasteiger partial charge < -0.3 is 4.52 Å². The Morgan fingerprint density at radius 3 is 2.25 bits per heavy atom. The van der Waals surface area contributed by atoms with E-state index in [9.17, 15) is 13.2 Å². The number of ketones is 1. The van der Waals surface area contributed by atoms with Gasteiger partial charge in [-0.05, 0) is 57.9 Å². The fourth-order valence-corrected chi connectivity index (χ4v) is 5.16. The molecule has 1 aromatic carbocycles. The van der Waals surface area contributed by atoms with Crippen molar-refractivity contribution in [1.29, 1.82) is 0 Å². The van der Waals surface area contributed by atoms with E-state index in [2.05, 4.69) is 5.16 Å². The summed E-state index contributed by atoms with van der Waals surface area (Å²) in [6.45, 7) is 5.27. The second kappa shape index (κ2) is 8.19. The molecule has 0 radical (unpaired) electrons. The summed E-state index contributed by atoms with van der Waals surface area (Å²) in [5.41, 5.74) is 1.93. The lowest BCUT2D eigenvalue weighted by Crippen LogP contribution is -2.35. The summed E-state index contributed by atoms with van der Waals surface area (Å²) >= 11 is 0. The lowest BCUT2D eigenvalue weighted by atomic mass is 9.79. The summed E-state index contributed by atoms with van der Waals surface area (Å²) in [5.74, 6) is 1.42. The maximum absolute atomic E-state index is 12.7. The Morgan fingerprint density at radius 1 is 1.07 bits per heavy atom. The summed E-state index contributed by atoms with van der Waals surface area (Å²) in [4.78, 5) is 12.7. The minimum absolute atomic E-state index is 0.0440. The van der Waals surface area contributed by atoms with E-state index in [1.165, 1.54) is 0 Å². The van der Waals surface area contributed by atoms with Crippen LogP contribution in [0.25, 0.3) is 11.3 Å². The van der Waals surface area contributed by atoms with Crippen LogP contribution in [0, 0.1) is 11.8 Å². The largest absolute Gasteiger partial charge is 0.356 e. The van der Waals surface area contributed by atoms with Crippen molar-refractivity contribution in [2.75, 3.05) is 5.75 Å². The number of benzene rings is 1. The van der Waals surface area contributed by atoms with Gasteiger partial charge in [0.05, 0.1) is 16.7 Å². The monoisotopic (exact) mass is 403 g/mol. The first-order chi connectivity index (χ1) is 13.2. The molecule has 1 saturated carbocycles. The van der Waals surface area contributed by atoms with E-state index >= 15 is 0 Å². The van der Waals surface area contributed by atoms with Crippen LogP contribution in [0.3, 0.4) is 0 Å². The maximum atomic E-state index is 12.7. The van der Waals surface area contributed by atoms with Gasteiger partial charge in [0.1, 0.15) is 5.78 Å². The van der Waals surface area contributed by atoms with Gasteiger partial charge in [-0.3, -0.25) is 4.79 Å². The molecular weight excluding hydrogens is 374 g/mol. The van der Waals surface area contributed by atoms with Gasteiger partial charge in [-0.1, -0.05) is 29.4 Å². The third-order valence-electron chi connectivity index (χ3n) is 5.74. The van der Waals surface area contributed by atoms with Crippen molar-refractivity contribution in [3.05, 3.63) is 42.1 Å². The number of sulfone groups is 1. The van der Waals surface area contributed by atoms with Gasteiger partial charge in [-0.15, -0.1) is 0 Å². The number of nitrogens with zero attached hydrogens (tertiary/aromatic N) is 1. The Hall–Kier alpha value is -1.95. The third kappa shape index (κ3) is 4.90. The zero-order chi connectivity index (χ0) is 20.4. The molecule has 6 heteroatoms. The average molecular weight is 404 g/mol. The molecule has 0 saturated heterocycles. The maximum Gasteiger partial charge on any atom is 0.166 e. The number of aromatic nitrogens is 1. The van der Waals surface area contributed by atoms with E-state index in [4.69, 9.17) is 4.52 Å². The number of carbonyl (C=O) groups excluding carboxylic acids is 1. The number of carbonyl (C=O) groups is 1. The van der Waals surface area contributed by atoms with Crippen LogP contribution >= 0.6 is 0 Å². The molecule has 5 nitrogen and oxygen atoms in total. The van der Waals surface area contributed by atoms with E-state index < -0.39 is 14.6 Å². The van der Waals surface area contributed by atoms with Crippen molar-refractivity contribution in [3.8, 4) is 11.3 Å². The first kappa shape index (κ1) is 20.8. The Morgan fingerprint density at radius 2 is 1.71 bits per heavy atom. The zero-order valence-electron chi connectivity index (χ0n) is 16.8. The van der Waals surface area contributed by atoms with Crippen LogP contribution in [0.5, 0.6) is 0 Å². The van der Waals surface area contributed by atoms with Crippen molar-refractivity contribution in [2.45, 2.75) is 57.6 Å². The Balaban J connectivity index is 1.51. The molecule has 1 heterocycles. The molecule has 152 valence electrons. The predicted molar refractivity (Wildman–Crippen MR) is 110 cm³/mol. The topological polar surface area (TPSA) is 77.2 Å². The smallest absolute Gasteiger partial charge is 0.166 e. The highest BCUT2D eigenvalue weighted by Gasteiger charge is 2.34. The van der Waals surface area contributed by atoms with E-state index in [1.807, 2.05) is 24.3 Å². The first-order valence-corrected chi connectivity index (χ1v) is 11.6. The molecule has 0 N–H and O–H groups in total. The van der Waals surface area contributed by atoms with Gasteiger partial charge >= 0.3 is 0 Å². The molecule has 1 aliphatic carbocycles. The van der Waals surface area contributed by atoms with E-state index in [0.717, 1.165) is 36.8 Å². The second-order valence-electron chi connectivity index (χ2n) is 8.83. The Kier molecular flexibility index (Phi) is 6.08. The molecule has 28 heavy (non-hydrogen) atoms. The van der Waals surface area contributed by atoms with Crippen LogP contribution in [-0.4, -0.2) is 29.9 Å². The van der Waals surface area contributed by atoms with Crippen LogP contribution < -0.4 is 0 Å². The van der Waals surface area contributed by atoms with Gasteiger partial charge in [0.2, 0.25) is 0 Å². The lowest BCUT2D eigenvalue weighted by molar-refractivity contribution is -0.123. The summed E-state index contributed by atoms with van der Waals surface area (Å²) in [6, 6.07) is 9.60. The van der Waals surface area contributed by atoms with E-state index in [-0.39, 0.29) is 23.4 Å². The summed E-state index contributed by atoms with van der Waals surface area (Å²) in [5, 5.41) is 3.71. The number of hydrogen-bond acceptors (Lipinski definition) is 5. The second-order valence-corrected chi connectivity index (χ2v) is 11.6. The highest BCUT2D eigenvalue weighted by Crippen LogP contribution is 2.33. The minimum atomic E-state index is -3.10. The molecule has 0 bridgehead atoms. The summed E-state index contributed by atoms with van der Waals surface area (Å²) < 4.78 is 29.3. The van der Waals surface area contributed by atoms with Gasteiger partial charge in [-0.2, -0.15) is 0 Å². The highest BCUT2D eigenvalue weighted by atomic mass is 32.2. The van der Waals surface area contributed by atoms with Gasteiger partial charge in [0, 0.05) is 24.0 Å². The number of Topliss-reactive ketones (excluding diaryl/α,β-unsaturated/α-hetero) is 1. The number of rotatable bonds is 6. The fourth-order valence-electron chi connectivity index (χ4n) is 3.71. The first-order valence-electron chi connectivity index (χ1n) is 9.91. The highest BCUT2D eigenvalue weighted by molar-refractivity contribution is 7.92. The fraction of sp³-hybridized carbons (Fsp3) is 0.545. The molecular formula is C22H29NO4S. The average Bonchev–Trinajstić information content (AvgIpc) is 3.16. The third-order valence-corrected chi connectivity index (χ3v) is 8.52. The molecule has 0 amide bonds. The standard InChI is InChI=1S/C22H29NO4S/c1-22(2,3)28(25,26)15-17-6-8-18(9-7-17)20(24)14-16-4-10-19(11-5-16)21-12-13-23-27-21/h4-5,10-13,17-18H,6-9,14-15H2,1-3H3. The molecule has 2 aromatic rings. The molecule has 0 atom stereocenters. The van der Waals surface area contributed by atoms with Crippen molar-refractivity contribution in [2.24, 2.45) is 11.8 Å². The summed E-state index contributed by atoms with van der Waals surface area (Å²) in [6.07, 6.45) is 5.24. The van der Waals surface area contributed by atoms with Crippen molar-refractivity contribution >= 4 is 15.6 Å². The molecule has 0 aliphatic heterocycles. The van der Waals surface area contributed by atoms with Gasteiger partial charge in [0.25, 0.3) is 0 Å². The number of hydrogen-bond donors (Lipinski definition) is 0. The van der Waals surface area contributed by atoms with E-state index in [0.29, 0.717) is 12.2 Å². The molecule has 1 aromatic heterocycles. The van der Waals surface area contributed by atoms with Crippen molar-refractivity contribution in [1.82, 2.24) is 5.16 Å². The quantitative estimate of drug-likeness (QED) is 0.711. The summed E-state index contributed by atoms with van der Waals surface area (Å²) in [7, 11) is -3.10. The zero-order valence-corrected chi connectivity index (χ0v) is 17.7.